The van der Waals surface area contributed by atoms with Crippen molar-refractivity contribution in [1.82, 2.24) is 24.5 Å². The zero-order valence-corrected chi connectivity index (χ0v) is 16.2. The van der Waals surface area contributed by atoms with E-state index in [4.69, 9.17) is 11.6 Å². The van der Waals surface area contributed by atoms with Crippen LogP contribution < -0.4 is 0 Å². The summed E-state index contributed by atoms with van der Waals surface area (Å²) in [5.74, 6) is -0.147. The third-order valence-corrected chi connectivity index (χ3v) is 4.64. The largest absolute Gasteiger partial charge is 0.337 e. The Kier molecular flexibility index (Phi) is 5.13. The van der Waals surface area contributed by atoms with Crippen LogP contribution in [0.5, 0.6) is 0 Å². The Morgan fingerprint density at radius 1 is 1.19 bits per heavy atom. The summed E-state index contributed by atoms with van der Waals surface area (Å²) in [5.41, 5.74) is 4.33. The van der Waals surface area contributed by atoms with E-state index in [0.717, 1.165) is 11.1 Å². The molecule has 1 aromatic carbocycles. The van der Waals surface area contributed by atoms with Gasteiger partial charge < -0.3 is 4.90 Å². The first-order valence-electron chi connectivity index (χ1n) is 8.36. The molecule has 0 N–H and O–H groups in total. The molecule has 7 heteroatoms. The molecule has 0 atom stereocenters. The fourth-order valence-corrected chi connectivity index (χ4v) is 3.17. The van der Waals surface area contributed by atoms with Gasteiger partial charge in [0.05, 0.1) is 24.0 Å². The second-order valence-corrected chi connectivity index (χ2v) is 6.94. The highest BCUT2D eigenvalue weighted by Crippen LogP contribution is 2.23. The fraction of sp³-hybridized carbons (Fsp3) is 0.316. The topological polar surface area (TPSA) is 56.0 Å². The lowest BCUT2D eigenvalue weighted by Gasteiger charge is -2.16. The number of hydrogen-bond acceptors (Lipinski definition) is 3. The Balaban J connectivity index is 1.80. The quantitative estimate of drug-likeness (QED) is 0.692. The lowest BCUT2D eigenvalue weighted by atomic mass is 10.1. The maximum Gasteiger partial charge on any atom is 0.258 e. The Morgan fingerprint density at radius 2 is 1.88 bits per heavy atom. The van der Waals surface area contributed by atoms with Gasteiger partial charge in [0, 0.05) is 32.4 Å². The van der Waals surface area contributed by atoms with Gasteiger partial charge in [0.1, 0.15) is 5.15 Å². The number of aryl methyl sites for hydroxylation is 3. The van der Waals surface area contributed by atoms with Crippen molar-refractivity contribution in [1.29, 1.82) is 0 Å². The average Bonchev–Trinajstić information content (AvgIpc) is 3.12. The third kappa shape index (κ3) is 3.80. The molecule has 0 aliphatic carbocycles. The minimum atomic E-state index is -0.147. The van der Waals surface area contributed by atoms with Gasteiger partial charge in [0.25, 0.3) is 5.91 Å². The molecule has 2 aromatic heterocycles. The van der Waals surface area contributed by atoms with Crippen molar-refractivity contribution in [3.8, 4) is 0 Å². The first-order chi connectivity index (χ1) is 12.3. The number of carbonyl (C=O) groups excluding carboxylic acids is 1. The van der Waals surface area contributed by atoms with Crippen LogP contribution in [0.3, 0.4) is 0 Å². The normalized spacial score (nSPS) is 11.0. The molecule has 2 heterocycles. The van der Waals surface area contributed by atoms with E-state index in [1.54, 1.807) is 27.5 Å². The third-order valence-electron chi connectivity index (χ3n) is 4.26. The molecule has 0 bridgehead atoms. The SMILES string of the molecule is Cc1ccc(Cn2nc(C)c(C(=O)N(C)Cc3cnn(C)c3)c2Cl)cc1. The number of amides is 1. The highest BCUT2D eigenvalue weighted by molar-refractivity contribution is 6.33. The maximum absolute atomic E-state index is 12.9. The molecule has 136 valence electrons. The Morgan fingerprint density at radius 3 is 2.50 bits per heavy atom. The first-order valence-corrected chi connectivity index (χ1v) is 8.74. The molecule has 0 fully saturated rings. The van der Waals surface area contributed by atoms with Gasteiger partial charge in [-0.25, -0.2) is 4.68 Å². The van der Waals surface area contributed by atoms with Gasteiger partial charge in [-0.2, -0.15) is 10.2 Å². The van der Waals surface area contributed by atoms with E-state index in [0.29, 0.717) is 29.5 Å². The number of hydrogen-bond donors (Lipinski definition) is 0. The summed E-state index contributed by atoms with van der Waals surface area (Å²) in [4.78, 5) is 14.5. The zero-order valence-electron chi connectivity index (χ0n) is 15.4. The van der Waals surface area contributed by atoms with Crippen LogP contribution in [0.15, 0.2) is 36.7 Å². The van der Waals surface area contributed by atoms with Gasteiger partial charge in [-0.15, -0.1) is 0 Å². The summed E-state index contributed by atoms with van der Waals surface area (Å²) in [6.07, 6.45) is 3.64. The molecule has 0 saturated carbocycles. The van der Waals surface area contributed by atoms with Gasteiger partial charge >= 0.3 is 0 Å². The Hall–Kier alpha value is -2.60. The number of rotatable bonds is 5. The van der Waals surface area contributed by atoms with E-state index in [1.165, 1.54) is 5.56 Å². The summed E-state index contributed by atoms with van der Waals surface area (Å²) in [7, 11) is 3.60. The molecule has 3 aromatic rings. The lowest BCUT2D eigenvalue weighted by Crippen LogP contribution is -2.26. The molecule has 0 spiro atoms. The second-order valence-electron chi connectivity index (χ2n) is 6.58. The molecule has 0 unspecified atom stereocenters. The summed E-state index contributed by atoms with van der Waals surface area (Å²) in [6.45, 7) is 4.84. The van der Waals surface area contributed by atoms with E-state index < -0.39 is 0 Å². The van der Waals surface area contributed by atoms with Gasteiger partial charge in [-0.05, 0) is 19.4 Å². The molecule has 1 amide bonds. The van der Waals surface area contributed by atoms with Crippen molar-refractivity contribution < 1.29 is 4.79 Å². The minimum absolute atomic E-state index is 0.147. The van der Waals surface area contributed by atoms with Crippen molar-refractivity contribution in [2.24, 2.45) is 7.05 Å². The van der Waals surface area contributed by atoms with Crippen molar-refractivity contribution in [3.05, 3.63) is 69.8 Å². The van der Waals surface area contributed by atoms with Gasteiger partial charge in [-0.3, -0.25) is 9.48 Å². The fourth-order valence-electron chi connectivity index (χ4n) is 2.86. The van der Waals surface area contributed by atoms with Crippen LogP contribution >= 0.6 is 11.6 Å². The number of carbonyl (C=O) groups is 1. The standard InChI is InChI=1S/C19H22ClN5O/c1-13-5-7-15(8-6-13)12-25-18(20)17(14(2)22-25)19(26)23(3)10-16-9-21-24(4)11-16/h5-9,11H,10,12H2,1-4H3. The van der Waals surface area contributed by atoms with E-state index in [2.05, 4.69) is 10.2 Å². The molecule has 26 heavy (non-hydrogen) atoms. The highest BCUT2D eigenvalue weighted by Gasteiger charge is 2.23. The van der Waals surface area contributed by atoms with Crippen LogP contribution in [0.25, 0.3) is 0 Å². The van der Waals surface area contributed by atoms with Crippen molar-refractivity contribution in [2.45, 2.75) is 26.9 Å². The van der Waals surface area contributed by atoms with Crippen LogP contribution in [0.1, 0.15) is 32.7 Å². The van der Waals surface area contributed by atoms with E-state index in [9.17, 15) is 4.79 Å². The highest BCUT2D eigenvalue weighted by atomic mass is 35.5. The summed E-state index contributed by atoms with van der Waals surface area (Å²) >= 11 is 6.49. The van der Waals surface area contributed by atoms with Crippen LogP contribution in [0.4, 0.5) is 0 Å². The van der Waals surface area contributed by atoms with E-state index in [1.807, 2.05) is 51.4 Å². The molecule has 0 aliphatic rings. The summed E-state index contributed by atoms with van der Waals surface area (Å²) in [5, 5.41) is 8.96. The number of benzene rings is 1. The Labute approximate surface area is 158 Å². The molecule has 0 saturated heterocycles. The van der Waals surface area contributed by atoms with E-state index >= 15 is 0 Å². The maximum atomic E-state index is 12.9. The zero-order chi connectivity index (χ0) is 18.8. The van der Waals surface area contributed by atoms with E-state index in [-0.39, 0.29) is 5.91 Å². The number of halogens is 1. The molecule has 6 nitrogen and oxygen atoms in total. The molecular weight excluding hydrogens is 350 g/mol. The smallest absolute Gasteiger partial charge is 0.258 e. The van der Waals surface area contributed by atoms with Crippen LogP contribution in [-0.2, 0) is 20.1 Å². The molecule has 0 radical (unpaired) electrons. The Bertz CT molecular complexity index is 926. The summed E-state index contributed by atoms with van der Waals surface area (Å²) < 4.78 is 3.39. The molecule has 3 rings (SSSR count). The van der Waals surface area contributed by atoms with Crippen molar-refractivity contribution in [2.75, 3.05) is 7.05 Å². The van der Waals surface area contributed by atoms with Crippen molar-refractivity contribution in [3.63, 3.8) is 0 Å². The van der Waals surface area contributed by atoms with Gasteiger partial charge in [0.15, 0.2) is 0 Å². The number of aromatic nitrogens is 4. The minimum Gasteiger partial charge on any atom is -0.337 e. The lowest BCUT2D eigenvalue weighted by molar-refractivity contribution is 0.0784. The van der Waals surface area contributed by atoms with Crippen molar-refractivity contribution >= 4 is 17.5 Å². The van der Waals surface area contributed by atoms with Gasteiger partial charge in [0.2, 0.25) is 0 Å². The molecule has 0 aliphatic heterocycles. The predicted octanol–water partition coefficient (Wildman–Crippen LogP) is 3.21. The molecular formula is C19H22ClN5O. The predicted molar refractivity (Wildman–Crippen MR) is 101 cm³/mol. The van der Waals surface area contributed by atoms with Crippen LogP contribution in [0, 0.1) is 13.8 Å². The van der Waals surface area contributed by atoms with Crippen LogP contribution in [-0.4, -0.2) is 37.4 Å². The first kappa shape index (κ1) is 18.2. The second kappa shape index (κ2) is 7.33. The van der Waals surface area contributed by atoms with Crippen LogP contribution in [0.2, 0.25) is 5.15 Å². The number of nitrogens with zero attached hydrogens (tertiary/aromatic N) is 5. The monoisotopic (exact) mass is 371 g/mol. The van der Waals surface area contributed by atoms with Gasteiger partial charge in [-0.1, -0.05) is 41.4 Å². The average molecular weight is 372 g/mol. The summed E-state index contributed by atoms with van der Waals surface area (Å²) in [6, 6.07) is 8.18.